The number of nitrogens with zero attached hydrogens (tertiary/aromatic N) is 1. The second-order valence-corrected chi connectivity index (χ2v) is 5.67. The van der Waals surface area contributed by atoms with Gasteiger partial charge in [-0.3, -0.25) is 0 Å². The number of hydrogen-bond donors (Lipinski definition) is 1. The molecular weight excluding hydrogens is 268 g/mol. The Labute approximate surface area is 105 Å². The maximum Gasteiger partial charge on any atom is 0.129 e. The van der Waals surface area contributed by atoms with Crippen LogP contribution in [0.4, 0.5) is 5.69 Å². The monoisotopic (exact) mass is 284 g/mol. The smallest absolute Gasteiger partial charge is 0.129 e. The van der Waals surface area contributed by atoms with E-state index in [0.29, 0.717) is 11.6 Å². The van der Waals surface area contributed by atoms with E-state index in [0.717, 1.165) is 29.7 Å². The molecule has 1 aliphatic heterocycles. The van der Waals surface area contributed by atoms with Crippen LogP contribution in [0.25, 0.3) is 0 Å². The van der Waals surface area contributed by atoms with Gasteiger partial charge in [0.25, 0.3) is 0 Å². The van der Waals surface area contributed by atoms with Crippen molar-refractivity contribution in [1.29, 1.82) is 0 Å². The van der Waals surface area contributed by atoms with Crippen LogP contribution in [-0.4, -0.2) is 17.2 Å². The van der Waals surface area contributed by atoms with Crippen molar-refractivity contribution < 1.29 is 4.74 Å². The van der Waals surface area contributed by atoms with E-state index in [1.807, 2.05) is 12.1 Å². The Balaban J connectivity index is 2.20. The van der Waals surface area contributed by atoms with Crippen LogP contribution >= 0.6 is 15.9 Å². The highest BCUT2D eigenvalue weighted by Crippen LogP contribution is 2.35. The molecular formula is C12H17BrN2O. The van der Waals surface area contributed by atoms with Gasteiger partial charge in [0.1, 0.15) is 4.60 Å². The molecule has 1 atom stereocenters. The van der Waals surface area contributed by atoms with Crippen LogP contribution in [0, 0.1) is 0 Å². The molecule has 2 rings (SSSR count). The quantitative estimate of drug-likeness (QED) is 0.806. The van der Waals surface area contributed by atoms with Crippen molar-refractivity contribution in [1.82, 2.24) is 4.98 Å². The summed E-state index contributed by atoms with van der Waals surface area (Å²) in [7, 11) is 0. The Bertz CT molecular complexity index is 393. The van der Waals surface area contributed by atoms with Gasteiger partial charge in [-0.25, -0.2) is 4.98 Å². The zero-order valence-corrected chi connectivity index (χ0v) is 11.3. The van der Waals surface area contributed by atoms with Crippen molar-refractivity contribution in [3.63, 3.8) is 0 Å². The molecule has 0 saturated carbocycles. The van der Waals surface area contributed by atoms with Crippen molar-refractivity contribution in [3.05, 3.63) is 22.4 Å². The summed E-state index contributed by atoms with van der Waals surface area (Å²) in [5.41, 5.74) is 7.49. The van der Waals surface area contributed by atoms with Crippen molar-refractivity contribution >= 4 is 21.6 Å². The Morgan fingerprint density at radius 2 is 2.25 bits per heavy atom. The summed E-state index contributed by atoms with van der Waals surface area (Å²) >= 11 is 3.37. The molecule has 16 heavy (non-hydrogen) atoms. The van der Waals surface area contributed by atoms with E-state index < -0.39 is 0 Å². The van der Waals surface area contributed by atoms with Crippen LogP contribution < -0.4 is 5.73 Å². The van der Waals surface area contributed by atoms with E-state index in [1.54, 1.807) is 0 Å². The van der Waals surface area contributed by atoms with E-state index >= 15 is 0 Å². The number of aromatic nitrogens is 1. The molecule has 88 valence electrons. The minimum absolute atomic E-state index is 0.0432. The second-order valence-electron chi connectivity index (χ2n) is 4.91. The van der Waals surface area contributed by atoms with Gasteiger partial charge in [0.2, 0.25) is 0 Å². The SMILES string of the molecule is CC1(C)CC(c2ccc(N)c(Br)n2)CCO1. The first kappa shape index (κ1) is 11.9. The van der Waals surface area contributed by atoms with Gasteiger partial charge in [-0.05, 0) is 54.8 Å². The van der Waals surface area contributed by atoms with Gasteiger partial charge < -0.3 is 10.5 Å². The Morgan fingerprint density at radius 3 is 2.88 bits per heavy atom. The standard InChI is InChI=1S/C12H17BrN2O/c1-12(2)7-8(5-6-16-12)10-4-3-9(14)11(13)15-10/h3-4,8H,5-7,14H2,1-2H3. The molecule has 1 aliphatic rings. The molecule has 0 aliphatic carbocycles. The molecule has 1 fully saturated rings. The summed E-state index contributed by atoms with van der Waals surface area (Å²) in [5, 5.41) is 0. The lowest BCUT2D eigenvalue weighted by molar-refractivity contribution is -0.0597. The van der Waals surface area contributed by atoms with Gasteiger partial charge in [0.05, 0.1) is 11.3 Å². The molecule has 3 nitrogen and oxygen atoms in total. The number of hydrogen-bond acceptors (Lipinski definition) is 3. The van der Waals surface area contributed by atoms with E-state index in [4.69, 9.17) is 10.5 Å². The third-order valence-corrected chi connectivity index (χ3v) is 3.65. The van der Waals surface area contributed by atoms with Crippen LogP contribution in [0.1, 0.15) is 38.3 Å². The lowest BCUT2D eigenvalue weighted by Crippen LogP contribution is -2.33. The largest absolute Gasteiger partial charge is 0.397 e. The van der Waals surface area contributed by atoms with Gasteiger partial charge in [-0.15, -0.1) is 0 Å². The minimum Gasteiger partial charge on any atom is -0.397 e. The summed E-state index contributed by atoms with van der Waals surface area (Å²) in [5.74, 6) is 0.473. The first-order valence-electron chi connectivity index (χ1n) is 5.54. The number of ether oxygens (including phenoxy) is 1. The van der Waals surface area contributed by atoms with Crippen molar-refractivity contribution in [2.75, 3.05) is 12.3 Å². The summed E-state index contributed by atoms with van der Waals surface area (Å²) in [6.07, 6.45) is 2.04. The van der Waals surface area contributed by atoms with Gasteiger partial charge in [0.15, 0.2) is 0 Å². The Morgan fingerprint density at radius 1 is 1.50 bits per heavy atom. The molecule has 0 radical (unpaired) electrons. The van der Waals surface area contributed by atoms with E-state index in [2.05, 4.69) is 34.8 Å². The minimum atomic E-state index is -0.0432. The van der Waals surface area contributed by atoms with Crippen LogP contribution in [0.5, 0.6) is 0 Å². The van der Waals surface area contributed by atoms with Gasteiger partial charge >= 0.3 is 0 Å². The Kier molecular flexibility index (Phi) is 3.22. The molecule has 2 heterocycles. The van der Waals surface area contributed by atoms with Gasteiger partial charge in [-0.2, -0.15) is 0 Å². The number of nitrogens with two attached hydrogens (primary N) is 1. The molecule has 0 amide bonds. The molecule has 0 spiro atoms. The average Bonchev–Trinajstić information content (AvgIpc) is 2.20. The van der Waals surface area contributed by atoms with Gasteiger partial charge in [0, 0.05) is 18.2 Å². The highest BCUT2D eigenvalue weighted by Gasteiger charge is 2.30. The predicted molar refractivity (Wildman–Crippen MR) is 68.4 cm³/mol. The summed E-state index contributed by atoms with van der Waals surface area (Å²) in [6, 6.07) is 3.93. The van der Waals surface area contributed by atoms with Crippen molar-refractivity contribution in [2.24, 2.45) is 0 Å². The van der Waals surface area contributed by atoms with Crippen LogP contribution in [0.2, 0.25) is 0 Å². The molecule has 0 aromatic carbocycles. The molecule has 1 unspecified atom stereocenters. The van der Waals surface area contributed by atoms with E-state index in [9.17, 15) is 0 Å². The lowest BCUT2D eigenvalue weighted by Gasteiger charge is -2.35. The summed E-state index contributed by atoms with van der Waals surface area (Å²) in [4.78, 5) is 4.50. The Hall–Kier alpha value is -0.610. The average molecular weight is 285 g/mol. The first-order valence-corrected chi connectivity index (χ1v) is 6.33. The van der Waals surface area contributed by atoms with E-state index in [-0.39, 0.29) is 5.60 Å². The normalized spacial score (nSPS) is 24.3. The molecule has 1 aromatic rings. The fourth-order valence-electron chi connectivity index (χ4n) is 2.17. The summed E-state index contributed by atoms with van der Waals surface area (Å²) < 4.78 is 6.45. The summed E-state index contributed by atoms with van der Waals surface area (Å²) in [6.45, 7) is 5.07. The number of anilines is 1. The molecule has 1 aromatic heterocycles. The fourth-order valence-corrected chi connectivity index (χ4v) is 2.51. The van der Waals surface area contributed by atoms with Crippen LogP contribution in [0.3, 0.4) is 0 Å². The van der Waals surface area contributed by atoms with Crippen molar-refractivity contribution in [3.8, 4) is 0 Å². The van der Waals surface area contributed by atoms with Gasteiger partial charge in [-0.1, -0.05) is 0 Å². The fraction of sp³-hybridized carbons (Fsp3) is 0.583. The predicted octanol–water partition coefficient (Wildman–Crippen LogP) is 3.10. The van der Waals surface area contributed by atoms with Crippen molar-refractivity contribution in [2.45, 2.75) is 38.2 Å². The molecule has 2 N–H and O–H groups in total. The highest BCUT2D eigenvalue weighted by atomic mass is 79.9. The third-order valence-electron chi connectivity index (χ3n) is 3.01. The first-order chi connectivity index (χ1) is 7.48. The maximum absolute atomic E-state index is 5.74. The van der Waals surface area contributed by atoms with Crippen LogP contribution in [-0.2, 0) is 4.74 Å². The molecule has 0 bridgehead atoms. The zero-order chi connectivity index (χ0) is 11.8. The lowest BCUT2D eigenvalue weighted by atomic mass is 9.86. The second kappa shape index (κ2) is 4.34. The van der Waals surface area contributed by atoms with Crippen LogP contribution in [0.15, 0.2) is 16.7 Å². The number of halogens is 1. The number of nitrogen functional groups attached to an aromatic ring is 1. The third kappa shape index (κ3) is 2.55. The molecule has 1 saturated heterocycles. The van der Waals surface area contributed by atoms with E-state index in [1.165, 1.54) is 0 Å². The number of rotatable bonds is 1. The highest BCUT2D eigenvalue weighted by molar-refractivity contribution is 9.10. The maximum atomic E-state index is 5.74. The number of pyridine rings is 1. The topological polar surface area (TPSA) is 48.1 Å². The zero-order valence-electron chi connectivity index (χ0n) is 9.66. The molecule has 4 heteroatoms.